The van der Waals surface area contributed by atoms with Crippen LogP contribution in [0.4, 0.5) is 0 Å². The van der Waals surface area contributed by atoms with E-state index in [0.29, 0.717) is 19.4 Å². The highest BCUT2D eigenvalue weighted by molar-refractivity contribution is 7.80. The number of carboxylic acid groups (broad SMARTS) is 1. The maximum absolute atomic E-state index is 12.8. The minimum absolute atomic E-state index is 0.00723. The van der Waals surface area contributed by atoms with Crippen LogP contribution in [-0.2, 0) is 24.0 Å². The molecule has 4 unspecified atom stereocenters. The van der Waals surface area contributed by atoms with E-state index in [9.17, 15) is 29.1 Å². The average molecular weight is 477 g/mol. The van der Waals surface area contributed by atoms with Crippen molar-refractivity contribution in [3.8, 4) is 0 Å². The number of unbranched alkanes of at least 4 members (excludes halogenated alkanes) is 1. The number of nitrogens with two attached hydrogens (primary N) is 3. The van der Waals surface area contributed by atoms with Crippen LogP contribution in [0.1, 0.15) is 46.0 Å². The molecule has 0 saturated heterocycles. The predicted octanol–water partition coefficient (Wildman–Crippen LogP) is -2.17. The Morgan fingerprint density at radius 3 is 1.91 bits per heavy atom. The van der Waals surface area contributed by atoms with Gasteiger partial charge in [-0.25, -0.2) is 4.79 Å². The molecule has 0 aliphatic heterocycles. The number of carboxylic acids is 1. The molecular formula is C19H36N6O6S. The number of primary amides is 1. The fourth-order valence-electron chi connectivity index (χ4n) is 2.77. The van der Waals surface area contributed by atoms with Gasteiger partial charge < -0.3 is 38.3 Å². The van der Waals surface area contributed by atoms with E-state index < -0.39 is 60.2 Å². The van der Waals surface area contributed by atoms with Crippen LogP contribution < -0.4 is 33.2 Å². The van der Waals surface area contributed by atoms with Gasteiger partial charge >= 0.3 is 5.97 Å². The number of aliphatic carboxylic acids is 1. The maximum Gasteiger partial charge on any atom is 0.326 e. The molecule has 12 nitrogen and oxygen atoms in total. The van der Waals surface area contributed by atoms with Gasteiger partial charge in [0.15, 0.2) is 0 Å². The molecule has 0 spiro atoms. The van der Waals surface area contributed by atoms with E-state index >= 15 is 0 Å². The van der Waals surface area contributed by atoms with Crippen LogP contribution in [0.3, 0.4) is 0 Å². The van der Waals surface area contributed by atoms with E-state index in [-0.39, 0.29) is 24.5 Å². The first-order valence-electron chi connectivity index (χ1n) is 10.4. The summed E-state index contributed by atoms with van der Waals surface area (Å²) in [4.78, 5) is 60.4. The van der Waals surface area contributed by atoms with E-state index in [1.54, 1.807) is 0 Å². The van der Waals surface area contributed by atoms with Crippen molar-refractivity contribution >= 4 is 42.2 Å². The van der Waals surface area contributed by atoms with Crippen molar-refractivity contribution in [3.63, 3.8) is 0 Å². The number of carbonyl (C=O) groups is 5. The third-order valence-corrected chi connectivity index (χ3v) is 4.87. The number of carbonyl (C=O) groups excluding carboxylic acids is 4. The van der Waals surface area contributed by atoms with Crippen LogP contribution in [0.15, 0.2) is 0 Å². The number of hydrogen-bond donors (Lipinski definition) is 8. The van der Waals surface area contributed by atoms with E-state index in [1.165, 1.54) is 0 Å². The Labute approximate surface area is 193 Å². The normalized spacial score (nSPS) is 14.7. The molecule has 184 valence electrons. The molecule has 0 fully saturated rings. The molecule has 0 saturated carbocycles. The van der Waals surface area contributed by atoms with Gasteiger partial charge in [-0.15, -0.1) is 0 Å². The van der Waals surface area contributed by atoms with E-state index in [1.807, 2.05) is 13.8 Å². The first-order chi connectivity index (χ1) is 14.9. The predicted molar refractivity (Wildman–Crippen MR) is 121 cm³/mol. The van der Waals surface area contributed by atoms with Gasteiger partial charge in [0.25, 0.3) is 0 Å². The lowest BCUT2D eigenvalue weighted by atomic mass is 10.0. The highest BCUT2D eigenvalue weighted by Gasteiger charge is 2.31. The number of hydrogen-bond acceptors (Lipinski definition) is 8. The number of rotatable bonds is 16. The Morgan fingerprint density at radius 2 is 1.44 bits per heavy atom. The molecule has 0 aliphatic carbocycles. The fourth-order valence-corrected chi connectivity index (χ4v) is 2.94. The molecule has 0 aromatic heterocycles. The van der Waals surface area contributed by atoms with E-state index in [2.05, 4.69) is 28.6 Å². The average Bonchev–Trinajstić information content (AvgIpc) is 2.70. The molecule has 0 aromatic rings. The van der Waals surface area contributed by atoms with E-state index in [4.69, 9.17) is 17.2 Å². The van der Waals surface area contributed by atoms with Crippen molar-refractivity contribution in [1.82, 2.24) is 16.0 Å². The molecule has 32 heavy (non-hydrogen) atoms. The summed E-state index contributed by atoms with van der Waals surface area (Å²) >= 11 is 3.91. The minimum Gasteiger partial charge on any atom is -0.480 e. The van der Waals surface area contributed by atoms with Gasteiger partial charge in [0.2, 0.25) is 23.6 Å². The van der Waals surface area contributed by atoms with Gasteiger partial charge in [0, 0.05) is 5.75 Å². The molecule has 0 bridgehead atoms. The second-order valence-corrected chi connectivity index (χ2v) is 8.26. The zero-order valence-electron chi connectivity index (χ0n) is 18.5. The summed E-state index contributed by atoms with van der Waals surface area (Å²) in [6.45, 7) is 4.00. The summed E-state index contributed by atoms with van der Waals surface area (Å²) in [5.74, 6) is -4.27. The van der Waals surface area contributed by atoms with Crippen LogP contribution in [0.2, 0.25) is 0 Å². The van der Waals surface area contributed by atoms with Crippen LogP contribution in [-0.4, -0.2) is 71.2 Å². The first-order valence-corrected chi connectivity index (χ1v) is 11.0. The Kier molecular flexibility index (Phi) is 14.3. The van der Waals surface area contributed by atoms with Crippen molar-refractivity contribution in [1.29, 1.82) is 0 Å². The zero-order chi connectivity index (χ0) is 24.8. The Bertz CT molecular complexity index is 662. The lowest BCUT2D eigenvalue weighted by Crippen LogP contribution is -2.58. The second-order valence-electron chi connectivity index (χ2n) is 7.90. The van der Waals surface area contributed by atoms with Crippen molar-refractivity contribution in [2.75, 3.05) is 12.3 Å². The molecule has 0 rings (SSSR count). The fraction of sp³-hybridized carbons (Fsp3) is 0.737. The highest BCUT2D eigenvalue weighted by Crippen LogP contribution is 2.08. The molecular weight excluding hydrogens is 440 g/mol. The third kappa shape index (κ3) is 11.9. The van der Waals surface area contributed by atoms with Gasteiger partial charge in [-0.1, -0.05) is 13.8 Å². The molecule has 10 N–H and O–H groups in total. The minimum atomic E-state index is -1.36. The summed E-state index contributed by atoms with van der Waals surface area (Å²) in [5, 5.41) is 16.6. The molecule has 4 atom stereocenters. The van der Waals surface area contributed by atoms with Crippen LogP contribution >= 0.6 is 12.6 Å². The van der Waals surface area contributed by atoms with Crippen molar-refractivity contribution in [2.24, 2.45) is 23.1 Å². The molecule has 0 heterocycles. The number of nitrogens with one attached hydrogen (secondary N) is 3. The summed E-state index contributed by atoms with van der Waals surface area (Å²) in [6, 6.07) is -4.61. The molecule has 0 radical (unpaired) electrons. The van der Waals surface area contributed by atoms with Crippen molar-refractivity contribution in [2.45, 2.75) is 70.1 Å². The van der Waals surface area contributed by atoms with Crippen molar-refractivity contribution < 1.29 is 29.1 Å². The lowest BCUT2D eigenvalue weighted by Gasteiger charge is -2.25. The standard InChI is InChI=1S/C19H36N6O6S/c1-10(2)7-14(19(30)31)25-17(28)12(5-3-4-6-20)23-18(29)13(8-15(22)26)24-16(27)11(21)9-32/h10-14,32H,3-9,20-21H2,1-2H3,(H2,22,26)(H,23,29)(H,24,27)(H,25,28)(H,30,31). The largest absolute Gasteiger partial charge is 0.480 e. The zero-order valence-corrected chi connectivity index (χ0v) is 19.4. The Morgan fingerprint density at radius 1 is 0.906 bits per heavy atom. The molecule has 4 amide bonds. The van der Waals surface area contributed by atoms with Gasteiger partial charge in [-0.05, 0) is 38.1 Å². The molecule has 0 aliphatic rings. The topological polar surface area (TPSA) is 220 Å². The van der Waals surface area contributed by atoms with Gasteiger partial charge in [0.1, 0.15) is 18.1 Å². The van der Waals surface area contributed by atoms with Gasteiger partial charge in [-0.3, -0.25) is 19.2 Å². The van der Waals surface area contributed by atoms with Crippen LogP contribution in [0.25, 0.3) is 0 Å². The van der Waals surface area contributed by atoms with Crippen LogP contribution in [0, 0.1) is 5.92 Å². The summed E-state index contributed by atoms with van der Waals surface area (Å²) in [7, 11) is 0. The Hall–Kier alpha value is -2.38. The monoisotopic (exact) mass is 476 g/mol. The third-order valence-electron chi connectivity index (χ3n) is 4.47. The number of amides is 4. The summed E-state index contributed by atoms with van der Waals surface area (Å²) in [5.41, 5.74) is 16.2. The van der Waals surface area contributed by atoms with Crippen molar-refractivity contribution in [3.05, 3.63) is 0 Å². The van der Waals surface area contributed by atoms with E-state index in [0.717, 1.165) is 0 Å². The van der Waals surface area contributed by atoms with Gasteiger partial charge in [-0.2, -0.15) is 12.6 Å². The van der Waals surface area contributed by atoms with Crippen LogP contribution in [0.5, 0.6) is 0 Å². The number of thiol groups is 1. The summed E-state index contributed by atoms with van der Waals surface area (Å²) < 4.78 is 0. The molecule has 0 aromatic carbocycles. The van der Waals surface area contributed by atoms with Gasteiger partial charge in [0.05, 0.1) is 12.5 Å². The quantitative estimate of drug-likeness (QED) is 0.0902. The maximum atomic E-state index is 12.8. The summed E-state index contributed by atoms with van der Waals surface area (Å²) in [6.07, 6.45) is 0.919. The smallest absolute Gasteiger partial charge is 0.326 e. The highest BCUT2D eigenvalue weighted by atomic mass is 32.1. The molecule has 13 heteroatoms. The Balaban J connectivity index is 5.48. The first kappa shape index (κ1) is 29.6. The second kappa shape index (κ2) is 15.4. The SMILES string of the molecule is CC(C)CC(NC(=O)C(CCCCN)NC(=O)C(CC(N)=O)NC(=O)C(N)CS)C(=O)O. The lowest BCUT2D eigenvalue weighted by molar-refractivity contribution is -0.143.